The number of carbonyl (C=O) groups excluding carboxylic acids is 1. The number of hydrogen-bond donors (Lipinski definition) is 0. The molecule has 256 valence electrons. The molecule has 1 saturated heterocycles. The van der Waals surface area contributed by atoms with Crippen molar-refractivity contribution >= 4 is 35.4 Å². The standard InChI is InChI=1S/C41H43N3O5Si/c1-29-36(28-47-50(41(2,3)4,34-20-10-6-11-21-34)35-22-12-7-13-23-35)48-40(46-27-30-24-25-31-16-14-15-19-33(31)26-30)37(43-44-42)38(29)49-39(45)32-17-8-5-9-18-32/h5-26,29,36-38,40H,27-28H2,1-4H3/t29-,36?,37?,38+,40?/m1/s1. The summed E-state index contributed by atoms with van der Waals surface area (Å²) in [6.45, 7) is 9.02. The van der Waals surface area contributed by atoms with Gasteiger partial charge in [0.05, 0.1) is 24.9 Å². The maximum absolute atomic E-state index is 13.5. The van der Waals surface area contributed by atoms with Gasteiger partial charge in [-0.25, -0.2) is 4.79 Å². The van der Waals surface area contributed by atoms with Crippen molar-refractivity contribution in [2.24, 2.45) is 11.0 Å². The maximum Gasteiger partial charge on any atom is 0.338 e. The van der Waals surface area contributed by atoms with E-state index in [4.69, 9.17) is 18.6 Å². The van der Waals surface area contributed by atoms with Gasteiger partial charge in [-0.15, -0.1) is 0 Å². The second kappa shape index (κ2) is 15.4. The maximum atomic E-state index is 13.5. The Morgan fingerprint density at radius 1 is 0.820 bits per heavy atom. The number of esters is 1. The largest absolute Gasteiger partial charge is 0.458 e. The lowest BCUT2D eigenvalue weighted by Gasteiger charge is -2.47. The molecule has 0 bridgehead atoms. The highest BCUT2D eigenvalue weighted by Gasteiger charge is 2.52. The van der Waals surface area contributed by atoms with Crippen LogP contribution in [0.4, 0.5) is 0 Å². The number of azide groups is 1. The molecular formula is C41H43N3O5Si. The predicted molar refractivity (Wildman–Crippen MR) is 199 cm³/mol. The molecule has 50 heavy (non-hydrogen) atoms. The zero-order valence-corrected chi connectivity index (χ0v) is 29.9. The van der Waals surface area contributed by atoms with E-state index in [9.17, 15) is 10.3 Å². The summed E-state index contributed by atoms with van der Waals surface area (Å²) in [5.41, 5.74) is 11.0. The van der Waals surface area contributed by atoms with Gasteiger partial charge in [0.2, 0.25) is 0 Å². The Bertz CT molecular complexity index is 1890. The second-order valence-corrected chi connectivity index (χ2v) is 18.1. The molecule has 0 aromatic heterocycles. The van der Waals surface area contributed by atoms with Gasteiger partial charge in [0.1, 0.15) is 12.1 Å². The minimum atomic E-state index is -2.93. The summed E-state index contributed by atoms with van der Waals surface area (Å²) in [6.07, 6.45) is -2.41. The minimum absolute atomic E-state index is 0.197. The first-order chi connectivity index (χ1) is 24.2. The fourth-order valence-electron chi connectivity index (χ4n) is 6.98. The van der Waals surface area contributed by atoms with Crippen molar-refractivity contribution in [3.05, 3.63) is 155 Å². The molecule has 0 saturated carbocycles. The molecular weight excluding hydrogens is 643 g/mol. The van der Waals surface area contributed by atoms with Crippen LogP contribution in [0.1, 0.15) is 43.6 Å². The number of hydrogen-bond acceptors (Lipinski definition) is 6. The summed E-state index contributed by atoms with van der Waals surface area (Å²) in [5.74, 6) is -0.917. The van der Waals surface area contributed by atoms with E-state index in [1.165, 1.54) is 0 Å². The van der Waals surface area contributed by atoms with Gasteiger partial charge in [0.15, 0.2) is 6.29 Å². The van der Waals surface area contributed by atoms with Gasteiger partial charge >= 0.3 is 5.97 Å². The van der Waals surface area contributed by atoms with Gasteiger partial charge in [0, 0.05) is 10.8 Å². The van der Waals surface area contributed by atoms with Gasteiger partial charge in [0.25, 0.3) is 8.32 Å². The van der Waals surface area contributed by atoms with Gasteiger partial charge < -0.3 is 18.6 Å². The van der Waals surface area contributed by atoms with Gasteiger partial charge in [-0.1, -0.05) is 148 Å². The van der Waals surface area contributed by atoms with E-state index in [-0.39, 0.29) is 18.3 Å². The van der Waals surface area contributed by atoms with Crippen LogP contribution in [0.2, 0.25) is 5.04 Å². The number of rotatable bonds is 11. The third-order valence-electron chi connectivity index (χ3n) is 9.58. The van der Waals surface area contributed by atoms with Crippen LogP contribution in [-0.2, 0) is 25.2 Å². The van der Waals surface area contributed by atoms with Crippen molar-refractivity contribution in [3.63, 3.8) is 0 Å². The highest BCUT2D eigenvalue weighted by molar-refractivity contribution is 6.99. The fraction of sp³-hybridized carbons (Fsp3) is 0.293. The smallest absolute Gasteiger partial charge is 0.338 e. The van der Waals surface area contributed by atoms with Crippen LogP contribution in [0.5, 0.6) is 0 Å². The fourth-order valence-corrected chi connectivity index (χ4v) is 11.6. The van der Waals surface area contributed by atoms with Crippen molar-refractivity contribution in [2.45, 2.75) is 63.9 Å². The Labute approximate surface area is 294 Å². The van der Waals surface area contributed by atoms with Crippen LogP contribution < -0.4 is 10.4 Å². The minimum Gasteiger partial charge on any atom is -0.458 e. The normalized spacial score (nSPS) is 20.9. The summed E-state index contributed by atoms with van der Waals surface area (Å²) >= 11 is 0. The van der Waals surface area contributed by atoms with Crippen LogP contribution in [0.3, 0.4) is 0 Å². The molecule has 0 amide bonds. The van der Waals surface area contributed by atoms with E-state index in [2.05, 4.69) is 97.5 Å². The molecule has 5 atom stereocenters. The molecule has 0 spiro atoms. The molecule has 9 heteroatoms. The Balaban J connectivity index is 1.35. The molecule has 8 nitrogen and oxygen atoms in total. The average Bonchev–Trinajstić information content (AvgIpc) is 3.14. The molecule has 1 fully saturated rings. The summed E-state index contributed by atoms with van der Waals surface area (Å²) in [6, 6.07) is 42.9. The SMILES string of the molecule is C[C@@H]1C(CO[Si](c2ccccc2)(c2ccccc2)C(C)(C)C)OC(OCc2ccc3ccccc3c2)C(N=[N+]=[N-])[C@H]1OC(=O)c1ccccc1. The van der Waals surface area contributed by atoms with Crippen LogP contribution in [-0.4, -0.2) is 45.4 Å². The molecule has 6 rings (SSSR count). The zero-order valence-electron chi connectivity index (χ0n) is 28.9. The number of benzene rings is 5. The molecule has 0 N–H and O–H groups in total. The Kier molecular flexibility index (Phi) is 10.8. The van der Waals surface area contributed by atoms with Crippen LogP contribution in [0.15, 0.2) is 139 Å². The molecule has 1 aliphatic heterocycles. The number of fused-ring (bicyclic) bond motifs is 1. The van der Waals surface area contributed by atoms with Crippen molar-refractivity contribution in [2.75, 3.05) is 6.61 Å². The topological polar surface area (TPSA) is 103 Å². The van der Waals surface area contributed by atoms with Gasteiger partial charge in [-0.2, -0.15) is 0 Å². The lowest BCUT2D eigenvalue weighted by Crippen LogP contribution is -2.67. The van der Waals surface area contributed by atoms with Gasteiger partial charge in [-0.3, -0.25) is 0 Å². The first-order valence-electron chi connectivity index (χ1n) is 17.0. The first kappa shape index (κ1) is 35.1. The number of carbonyl (C=O) groups is 1. The van der Waals surface area contributed by atoms with Crippen LogP contribution >= 0.6 is 0 Å². The quantitative estimate of drug-likeness (QED) is 0.0459. The average molecular weight is 686 g/mol. The van der Waals surface area contributed by atoms with E-state index in [1.807, 2.05) is 49.4 Å². The Hall–Kier alpha value is -4.76. The van der Waals surface area contributed by atoms with E-state index in [0.29, 0.717) is 5.56 Å². The lowest BCUT2D eigenvalue weighted by atomic mass is 9.89. The summed E-state index contributed by atoms with van der Waals surface area (Å²) in [4.78, 5) is 16.6. The van der Waals surface area contributed by atoms with E-state index < -0.39 is 44.7 Å². The third-order valence-corrected chi connectivity index (χ3v) is 14.6. The molecule has 5 aromatic carbocycles. The van der Waals surface area contributed by atoms with Crippen molar-refractivity contribution in [1.82, 2.24) is 0 Å². The van der Waals surface area contributed by atoms with E-state index >= 15 is 0 Å². The predicted octanol–water partition coefficient (Wildman–Crippen LogP) is 8.20. The molecule has 0 radical (unpaired) electrons. The van der Waals surface area contributed by atoms with Gasteiger partial charge in [-0.05, 0) is 55.5 Å². The van der Waals surface area contributed by atoms with Crippen LogP contribution in [0.25, 0.3) is 21.2 Å². The molecule has 3 unspecified atom stereocenters. The summed E-state index contributed by atoms with van der Waals surface area (Å²) in [5, 5.41) is 8.35. The van der Waals surface area contributed by atoms with Crippen molar-refractivity contribution in [3.8, 4) is 0 Å². The Morgan fingerprint density at radius 2 is 1.40 bits per heavy atom. The molecule has 5 aromatic rings. The highest BCUT2D eigenvalue weighted by Crippen LogP contribution is 2.39. The molecule has 0 aliphatic carbocycles. The van der Waals surface area contributed by atoms with Crippen molar-refractivity contribution in [1.29, 1.82) is 0 Å². The van der Waals surface area contributed by atoms with E-state index in [1.54, 1.807) is 24.3 Å². The van der Waals surface area contributed by atoms with Crippen LogP contribution in [0, 0.1) is 5.92 Å². The Morgan fingerprint density at radius 3 is 2.00 bits per heavy atom. The molecule has 1 heterocycles. The first-order valence-corrected chi connectivity index (χ1v) is 18.9. The highest BCUT2D eigenvalue weighted by atomic mass is 28.4. The zero-order chi connectivity index (χ0) is 35.1. The second-order valence-electron chi connectivity index (χ2n) is 13.8. The number of nitrogens with zero attached hydrogens (tertiary/aromatic N) is 3. The molecule has 1 aliphatic rings. The summed E-state index contributed by atoms with van der Waals surface area (Å²) < 4.78 is 26.6. The lowest BCUT2D eigenvalue weighted by molar-refractivity contribution is -0.252. The monoisotopic (exact) mass is 685 g/mol. The third kappa shape index (κ3) is 7.38. The van der Waals surface area contributed by atoms with E-state index in [0.717, 1.165) is 26.7 Å². The summed E-state index contributed by atoms with van der Waals surface area (Å²) in [7, 11) is -2.93. The number of ether oxygens (including phenoxy) is 3. The van der Waals surface area contributed by atoms with Crippen molar-refractivity contribution < 1.29 is 23.4 Å².